The third kappa shape index (κ3) is 5.92. The van der Waals surface area contributed by atoms with Gasteiger partial charge < -0.3 is 14.6 Å². The van der Waals surface area contributed by atoms with E-state index >= 15 is 0 Å². The first-order chi connectivity index (χ1) is 16.8. The quantitative estimate of drug-likeness (QED) is 0.552. The Kier molecular flexibility index (Phi) is 7.55. The van der Waals surface area contributed by atoms with Gasteiger partial charge in [0.1, 0.15) is 11.6 Å². The lowest BCUT2D eigenvalue weighted by Gasteiger charge is -2.34. The van der Waals surface area contributed by atoms with Gasteiger partial charge in [-0.3, -0.25) is 14.5 Å². The Morgan fingerprint density at radius 1 is 1.00 bits per heavy atom. The van der Waals surface area contributed by atoms with Gasteiger partial charge in [-0.15, -0.1) is 0 Å². The van der Waals surface area contributed by atoms with E-state index in [9.17, 15) is 18.4 Å². The molecule has 3 aromatic rings. The second-order valence-electron chi connectivity index (χ2n) is 8.69. The number of oxazole rings is 1. The van der Waals surface area contributed by atoms with Crippen LogP contribution in [0.1, 0.15) is 23.4 Å². The van der Waals surface area contributed by atoms with Gasteiger partial charge in [0.25, 0.3) is 0 Å². The molecule has 2 heterocycles. The van der Waals surface area contributed by atoms with Crippen LogP contribution in [-0.2, 0) is 16.0 Å². The molecule has 1 aromatic heterocycles. The Morgan fingerprint density at radius 3 is 2.29 bits per heavy atom. The van der Waals surface area contributed by atoms with Crippen molar-refractivity contribution in [3.8, 4) is 11.3 Å². The molecule has 1 saturated heterocycles. The number of rotatable bonds is 7. The maximum absolute atomic E-state index is 13.9. The van der Waals surface area contributed by atoms with Crippen LogP contribution in [0.15, 0.2) is 47.0 Å². The van der Waals surface area contributed by atoms with Gasteiger partial charge in [-0.25, -0.2) is 13.8 Å². The van der Waals surface area contributed by atoms with E-state index in [4.69, 9.17) is 4.42 Å². The van der Waals surface area contributed by atoms with Crippen molar-refractivity contribution in [2.45, 2.75) is 26.7 Å². The van der Waals surface area contributed by atoms with Crippen molar-refractivity contribution in [2.75, 3.05) is 38.0 Å². The zero-order chi connectivity index (χ0) is 24.9. The highest BCUT2D eigenvalue weighted by Gasteiger charge is 2.23. The summed E-state index contributed by atoms with van der Waals surface area (Å²) in [5.74, 6) is -1.35. The van der Waals surface area contributed by atoms with Crippen molar-refractivity contribution in [3.05, 3.63) is 71.2 Å². The molecule has 0 atom stereocenters. The summed E-state index contributed by atoms with van der Waals surface area (Å²) in [5.41, 5.74) is 2.62. The van der Waals surface area contributed by atoms with Crippen LogP contribution in [0.5, 0.6) is 0 Å². The van der Waals surface area contributed by atoms with Gasteiger partial charge in [0.2, 0.25) is 11.8 Å². The smallest absolute Gasteiger partial charge is 0.238 e. The summed E-state index contributed by atoms with van der Waals surface area (Å²) < 4.78 is 33.4. The van der Waals surface area contributed by atoms with Crippen molar-refractivity contribution < 1.29 is 22.8 Å². The van der Waals surface area contributed by atoms with E-state index in [1.165, 1.54) is 12.3 Å². The van der Waals surface area contributed by atoms with Crippen LogP contribution in [0.2, 0.25) is 0 Å². The van der Waals surface area contributed by atoms with Crippen molar-refractivity contribution in [1.82, 2.24) is 14.8 Å². The highest BCUT2D eigenvalue weighted by atomic mass is 19.1. The molecule has 1 aliphatic heterocycles. The lowest BCUT2D eigenvalue weighted by atomic mass is 10.1. The third-order valence-corrected chi connectivity index (χ3v) is 6.15. The number of hydrogen-bond donors (Lipinski definition) is 1. The predicted octanol–water partition coefficient (Wildman–Crippen LogP) is 3.95. The molecule has 2 amide bonds. The Balaban J connectivity index is 1.23. The van der Waals surface area contributed by atoms with Crippen molar-refractivity contribution in [1.29, 1.82) is 0 Å². The molecule has 0 radical (unpaired) electrons. The topological polar surface area (TPSA) is 78.7 Å². The maximum Gasteiger partial charge on any atom is 0.238 e. The van der Waals surface area contributed by atoms with Gasteiger partial charge in [0.15, 0.2) is 11.7 Å². The van der Waals surface area contributed by atoms with Crippen LogP contribution < -0.4 is 5.32 Å². The molecule has 1 N–H and O–H groups in total. The van der Waals surface area contributed by atoms with Crippen LogP contribution in [0.25, 0.3) is 11.3 Å². The molecule has 35 heavy (non-hydrogen) atoms. The number of hydrogen-bond acceptors (Lipinski definition) is 5. The summed E-state index contributed by atoms with van der Waals surface area (Å²) in [7, 11) is 0. The SMILES string of the molecule is Cc1cccc(C)c1NC(=O)CN1CCN(C(=O)CCc2ncc(-c3c(F)cccc3F)o2)CC1. The molecule has 0 aliphatic carbocycles. The van der Waals surface area contributed by atoms with Crippen LogP contribution in [0.4, 0.5) is 14.5 Å². The van der Waals surface area contributed by atoms with Gasteiger partial charge in [0, 0.05) is 44.7 Å². The van der Waals surface area contributed by atoms with Crippen LogP contribution in [-0.4, -0.2) is 59.3 Å². The number of benzene rings is 2. The third-order valence-electron chi connectivity index (χ3n) is 6.15. The average molecular weight is 483 g/mol. The molecule has 0 bridgehead atoms. The van der Waals surface area contributed by atoms with E-state index in [1.54, 1.807) is 4.90 Å². The number of aromatic nitrogens is 1. The number of aryl methyl sites for hydroxylation is 3. The minimum absolute atomic E-state index is 0.00386. The number of piperazine rings is 1. The Hall–Kier alpha value is -3.59. The van der Waals surface area contributed by atoms with E-state index in [1.807, 2.05) is 36.9 Å². The molecule has 184 valence electrons. The minimum Gasteiger partial charge on any atom is -0.441 e. The highest BCUT2D eigenvalue weighted by molar-refractivity contribution is 5.93. The fraction of sp³-hybridized carbons (Fsp3) is 0.346. The fourth-order valence-electron chi connectivity index (χ4n) is 4.20. The van der Waals surface area contributed by atoms with E-state index < -0.39 is 11.6 Å². The van der Waals surface area contributed by atoms with Crippen LogP contribution in [0.3, 0.4) is 0 Å². The second-order valence-corrected chi connectivity index (χ2v) is 8.69. The summed E-state index contributed by atoms with van der Waals surface area (Å²) in [4.78, 5) is 33.0. The van der Waals surface area contributed by atoms with Crippen molar-refractivity contribution in [2.24, 2.45) is 0 Å². The van der Waals surface area contributed by atoms with Crippen molar-refractivity contribution in [3.63, 3.8) is 0 Å². The van der Waals surface area contributed by atoms with Crippen LogP contribution >= 0.6 is 0 Å². The van der Waals surface area contributed by atoms with Gasteiger partial charge >= 0.3 is 0 Å². The molecule has 9 heteroatoms. The number of halogens is 2. The molecule has 0 spiro atoms. The Labute approximate surface area is 202 Å². The van der Waals surface area contributed by atoms with Gasteiger partial charge in [-0.1, -0.05) is 24.3 Å². The lowest BCUT2D eigenvalue weighted by molar-refractivity contribution is -0.133. The number of carbonyl (C=O) groups is 2. The molecule has 1 aliphatic rings. The fourth-order valence-corrected chi connectivity index (χ4v) is 4.20. The van der Waals surface area contributed by atoms with Gasteiger partial charge in [-0.05, 0) is 37.1 Å². The highest BCUT2D eigenvalue weighted by Crippen LogP contribution is 2.27. The van der Waals surface area contributed by atoms with E-state index in [0.29, 0.717) is 26.2 Å². The monoisotopic (exact) mass is 482 g/mol. The van der Waals surface area contributed by atoms with E-state index in [2.05, 4.69) is 10.3 Å². The number of nitrogens with zero attached hydrogens (tertiary/aromatic N) is 3. The summed E-state index contributed by atoms with van der Waals surface area (Å²) in [6, 6.07) is 9.46. The number of anilines is 1. The summed E-state index contributed by atoms with van der Waals surface area (Å²) in [6.45, 7) is 6.43. The molecule has 4 rings (SSSR count). The zero-order valence-electron chi connectivity index (χ0n) is 19.8. The van der Waals surface area contributed by atoms with Gasteiger partial charge in [-0.2, -0.15) is 0 Å². The normalized spacial score (nSPS) is 14.2. The summed E-state index contributed by atoms with van der Waals surface area (Å²) in [6.07, 6.45) is 1.67. The number of para-hydroxylation sites is 1. The molecule has 1 fully saturated rings. The molecule has 0 unspecified atom stereocenters. The van der Waals surface area contributed by atoms with Gasteiger partial charge in [0.05, 0.1) is 18.3 Å². The Bertz CT molecular complexity index is 1180. The molecule has 7 nitrogen and oxygen atoms in total. The number of nitrogens with one attached hydrogen (secondary N) is 1. The van der Waals surface area contributed by atoms with Crippen molar-refractivity contribution >= 4 is 17.5 Å². The molecule has 2 aromatic carbocycles. The minimum atomic E-state index is -0.732. The first kappa shape index (κ1) is 24.5. The maximum atomic E-state index is 13.9. The Morgan fingerprint density at radius 2 is 1.63 bits per heavy atom. The number of amides is 2. The predicted molar refractivity (Wildman–Crippen MR) is 128 cm³/mol. The summed E-state index contributed by atoms with van der Waals surface area (Å²) >= 11 is 0. The number of carbonyl (C=O) groups excluding carboxylic acids is 2. The zero-order valence-corrected chi connectivity index (χ0v) is 19.8. The first-order valence-electron chi connectivity index (χ1n) is 11.6. The largest absolute Gasteiger partial charge is 0.441 e. The first-order valence-corrected chi connectivity index (χ1v) is 11.6. The average Bonchev–Trinajstić information content (AvgIpc) is 3.29. The van der Waals surface area contributed by atoms with E-state index in [-0.39, 0.29) is 48.4 Å². The lowest BCUT2D eigenvalue weighted by Crippen LogP contribution is -2.50. The molecular weight excluding hydrogens is 454 g/mol. The molecular formula is C26H28F2N4O3. The van der Waals surface area contributed by atoms with E-state index in [0.717, 1.165) is 28.9 Å². The standard InChI is InChI=1S/C26H28F2N4O3/c1-17-5-3-6-18(2)26(17)30-22(33)16-31-11-13-32(14-12-31)24(34)10-9-23-29-15-21(35-23)25-19(27)7-4-8-20(25)28/h3-8,15H,9-14,16H2,1-2H3,(H,30,33). The summed E-state index contributed by atoms with van der Waals surface area (Å²) in [5, 5.41) is 2.99. The van der Waals surface area contributed by atoms with Crippen LogP contribution in [0, 0.1) is 25.5 Å². The molecule has 0 saturated carbocycles. The second kappa shape index (κ2) is 10.8.